The molecule has 1 aromatic rings. The number of aryl methyl sites for hydroxylation is 1. The van der Waals surface area contributed by atoms with E-state index in [-0.39, 0.29) is 0 Å². The molecule has 0 fully saturated rings. The monoisotopic (exact) mass is 191 g/mol. The van der Waals surface area contributed by atoms with Crippen LogP contribution in [-0.2, 0) is 4.79 Å². The Hall–Kier alpha value is -1.77. The number of nitrogen functional groups attached to an aromatic ring is 1. The van der Waals surface area contributed by atoms with Crippen molar-refractivity contribution in [1.82, 2.24) is 0 Å². The number of anilines is 1. The van der Waals surface area contributed by atoms with Crippen LogP contribution in [-0.4, -0.2) is 11.1 Å². The van der Waals surface area contributed by atoms with Gasteiger partial charge in [-0.25, -0.2) is 4.79 Å². The number of rotatable bonds is 2. The predicted molar refractivity (Wildman–Crippen MR) is 56.9 cm³/mol. The fraction of sp³-hybridized carbons (Fsp3) is 0.182. The third-order valence-corrected chi connectivity index (χ3v) is 2.02. The summed E-state index contributed by atoms with van der Waals surface area (Å²) in [5, 5.41) is 8.59. The van der Waals surface area contributed by atoms with Gasteiger partial charge in [0.2, 0.25) is 0 Å². The zero-order chi connectivity index (χ0) is 10.7. The lowest BCUT2D eigenvalue weighted by atomic mass is 10.0. The Morgan fingerprint density at radius 3 is 2.64 bits per heavy atom. The zero-order valence-electron chi connectivity index (χ0n) is 8.24. The second-order valence-corrected chi connectivity index (χ2v) is 3.24. The number of hydrogen-bond donors (Lipinski definition) is 2. The first kappa shape index (κ1) is 10.3. The molecule has 3 N–H and O–H groups in total. The standard InChI is InChI=1S/C11H13NO2/c1-7-5-9(12)3-4-10(7)8(2)6-11(13)14/h3-6H,12H2,1-2H3,(H,13,14)/b8-6-. The SMILES string of the molecule is C/C(=C/C(=O)O)c1ccc(N)cc1C. The van der Waals surface area contributed by atoms with E-state index in [2.05, 4.69) is 0 Å². The molecule has 14 heavy (non-hydrogen) atoms. The van der Waals surface area contributed by atoms with Gasteiger partial charge in [0.15, 0.2) is 0 Å². The average Bonchev–Trinajstić information content (AvgIpc) is 2.01. The van der Waals surface area contributed by atoms with E-state index in [1.807, 2.05) is 19.1 Å². The van der Waals surface area contributed by atoms with Crippen LogP contribution in [0.2, 0.25) is 0 Å². The largest absolute Gasteiger partial charge is 0.478 e. The van der Waals surface area contributed by atoms with Gasteiger partial charge in [-0.3, -0.25) is 0 Å². The molecule has 0 atom stereocenters. The molecule has 0 aliphatic rings. The number of nitrogens with two attached hydrogens (primary N) is 1. The predicted octanol–water partition coefficient (Wildman–Crippen LogP) is 2.07. The van der Waals surface area contributed by atoms with Crippen LogP contribution in [0.3, 0.4) is 0 Å². The molecule has 3 nitrogen and oxygen atoms in total. The van der Waals surface area contributed by atoms with Crippen molar-refractivity contribution in [3.05, 3.63) is 35.4 Å². The van der Waals surface area contributed by atoms with Crippen LogP contribution in [0.1, 0.15) is 18.1 Å². The second kappa shape index (κ2) is 3.96. The summed E-state index contributed by atoms with van der Waals surface area (Å²) in [6, 6.07) is 5.43. The Bertz CT molecular complexity index is 394. The Morgan fingerprint density at radius 1 is 1.50 bits per heavy atom. The van der Waals surface area contributed by atoms with Crippen molar-refractivity contribution in [3.8, 4) is 0 Å². The van der Waals surface area contributed by atoms with E-state index in [0.29, 0.717) is 5.69 Å². The minimum Gasteiger partial charge on any atom is -0.478 e. The van der Waals surface area contributed by atoms with Gasteiger partial charge >= 0.3 is 5.97 Å². The van der Waals surface area contributed by atoms with E-state index in [1.54, 1.807) is 13.0 Å². The van der Waals surface area contributed by atoms with E-state index in [9.17, 15) is 4.79 Å². The molecular weight excluding hydrogens is 178 g/mol. The highest BCUT2D eigenvalue weighted by molar-refractivity contribution is 5.90. The van der Waals surface area contributed by atoms with Gasteiger partial charge < -0.3 is 10.8 Å². The maximum Gasteiger partial charge on any atom is 0.328 e. The normalized spacial score (nSPS) is 11.4. The summed E-state index contributed by atoms with van der Waals surface area (Å²) in [5.74, 6) is -0.932. The van der Waals surface area contributed by atoms with Crippen molar-refractivity contribution in [2.75, 3.05) is 5.73 Å². The highest BCUT2D eigenvalue weighted by Crippen LogP contribution is 2.20. The number of allylic oxidation sites excluding steroid dienone is 1. The van der Waals surface area contributed by atoms with Crippen LogP contribution < -0.4 is 5.73 Å². The Morgan fingerprint density at radius 2 is 2.14 bits per heavy atom. The third kappa shape index (κ3) is 2.36. The van der Waals surface area contributed by atoms with E-state index in [1.165, 1.54) is 6.08 Å². The van der Waals surface area contributed by atoms with Crippen LogP contribution in [0.25, 0.3) is 5.57 Å². The maximum atomic E-state index is 10.5. The van der Waals surface area contributed by atoms with E-state index in [4.69, 9.17) is 10.8 Å². The van der Waals surface area contributed by atoms with Gasteiger partial charge in [0.05, 0.1) is 0 Å². The molecule has 0 aliphatic heterocycles. The van der Waals surface area contributed by atoms with Crippen molar-refractivity contribution in [2.45, 2.75) is 13.8 Å². The van der Waals surface area contributed by atoms with E-state index in [0.717, 1.165) is 16.7 Å². The summed E-state index contributed by atoms with van der Waals surface area (Å²) in [5.41, 5.74) is 8.92. The number of carboxylic acid groups (broad SMARTS) is 1. The van der Waals surface area contributed by atoms with Crippen LogP contribution in [0.5, 0.6) is 0 Å². The highest BCUT2D eigenvalue weighted by Gasteiger charge is 2.02. The molecule has 0 bridgehead atoms. The molecule has 0 aliphatic carbocycles. The minimum atomic E-state index is -0.932. The van der Waals surface area contributed by atoms with Gasteiger partial charge in [-0.2, -0.15) is 0 Å². The number of aliphatic carboxylic acids is 1. The molecule has 3 heteroatoms. The van der Waals surface area contributed by atoms with Crippen LogP contribution >= 0.6 is 0 Å². The molecule has 1 rings (SSSR count). The van der Waals surface area contributed by atoms with Crippen molar-refractivity contribution in [2.24, 2.45) is 0 Å². The lowest BCUT2D eigenvalue weighted by Gasteiger charge is -2.06. The summed E-state index contributed by atoms with van der Waals surface area (Å²) in [7, 11) is 0. The third-order valence-electron chi connectivity index (χ3n) is 2.02. The Labute approximate surface area is 82.9 Å². The summed E-state index contributed by atoms with van der Waals surface area (Å²) in [6.45, 7) is 3.68. The first-order chi connectivity index (χ1) is 6.50. The quantitative estimate of drug-likeness (QED) is 0.555. The van der Waals surface area contributed by atoms with Crippen LogP contribution in [0.4, 0.5) is 5.69 Å². The zero-order valence-corrected chi connectivity index (χ0v) is 8.24. The highest BCUT2D eigenvalue weighted by atomic mass is 16.4. The van der Waals surface area contributed by atoms with Crippen molar-refractivity contribution < 1.29 is 9.90 Å². The van der Waals surface area contributed by atoms with E-state index >= 15 is 0 Å². The molecular formula is C11H13NO2. The fourth-order valence-corrected chi connectivity index (χ4v) is 1.39. The number of benzene rings is 1. The second-order valence-electron chi connectivity index (χ2n) is 3.24. The number of hydrogen-bond acceptors (Lipinski definition) is 2. The van der Waals surface area contributed by atoms with Gasteiger partial charge in [0.1, 0.15) is 0 Å². The molecule has 74 valence electrons. The fourth-order valence-electron chi connectivity index (χ4n) is 1.39. The summed E-state index contributed by atoms with van der Waals surface area (Å²) in [6.07, 6.45) is 1.19. The lowest BCUT2D eigenvalue weighted by molar-refractivity contribution is -0.131. The van der Waals surface area contributed by atoms with Crippen LogP contribution in [0, 0.1) is 6.92 Å². The van der Waals surface area contributed by atoms with Gasteiger partial charge in [-0.1, -0.05) is 6.07 Å². The average molecular weight is 191 g/mol. The molecule has 0 saturated carbocycles. The molecule has 0 heterocycles. The van der Waals surface area contributed by atoms with Crippen molar-refractivity contribution >= 4 is 17.2 Å². The molecule has 0 saturated heterocycles. The number of carboxylic acids is 1. The first-order valence-corrected chi connectivity index (χ1v) is 4.28. The Kier molecular flexibility index (Phi) is 2.92. The molecule has 0 unspecified atom stereocenters. The molecule has 1 aromatic carbocycles. The number of carbonyl (C=O) groups is 1. The van der Waals surface area contributed by atoms with E-state index < -0.39 is 5.97 Å². The van der Waals surface area contributed by atoms with Gasteiger partial charge in [-0.15, -0.1) is 0 Å². The van der Waals surface area contributed by atoms with Gasteiger partial charge in [0, 0.05) is 11.8 Å². The van der Waals surface area contributed by atoms with Crippen molar-refractivity contribution in [3.63, 3.8) is 0 Å². The van der Waals surface area contributed by atoms with Gasteiger partial charge in [-0.05, 0) is 42.7 Å². The summed E-state index contributed by atoms with van der Waals surface area (Å²) in [4.78, 5) is 10.5. The topological polar surface area (TPSA) is 63.3 Å². The summed E-state index contributed by atoms with van der Waals surface area (Å²) >= 11 is 0. The Balaban J connectivity index is 3.14. The van der Waals surface area contributed by atoms with Gasteiger partial charge in [0.25, 0.3) is 0 Å². The first-order valence-electron chi connectivity index (χ1n) is 4.28. The molecule has 0 amide bonds. The van der Waals surface area contributed by atoms with Crippen LogP contribution in [0.15, 0.2) is 24.3 Å². The lowest BCUT2D eigenvalue weighted by Crippen LogP contribution is -1.93. The van der Waals surface area contributed by atoms with Crippen molar-refractivity contribution in [1.29, 1.82) is 0 Å². The maximum absolute atomic E-state index is 10.5. The molecule has 0 spiro atoms. The minimum absolute atomic E-state index is 0.689. The smallest absolute Gasteiger partial charge is 0.328 e. The molecule has 0 radical (unpaired) electrons. The molecule has 0 aromatic heterocycles. The summed E-state index contributed by atoms with van der Waals surface area (Å²) < 4.78 is 0.